The Morgan fingerprint density at radius 2 is 1.89 bits per heavy atom. The van der Waals surface area contributed by atoms with E-state index in [0.29, 0.717) is 17.0 Å². The monoisotopic (exact) mass is 401 g/mol. The number of aromatic amines is 1. The van der Waals surface area contributed by atoms with Crippen molar-refractivity contribution in [1.82, 2.24) is 9.97 Å². The van der Waals surface area contributed by atoms with Gasteiger partial charge < -0.3 is 10.3 Å². The molecule has 0 saturated carbocycles. The van der Waals surface area contributed by atoms with Crippen LogP contribution in [0.4, 0.5) is 5.69 Å². The lowest BCUT2D eigenvalue weighted by Gasteiger charge is -2.13. The van der Waals surface area contributed by atoms with E-state index >= 15 is 0 Å². The van der Waals surface area contributed by atoms with Crippen molar-refractivity contribution in [3.63, 3.8) is 0 Å². The summed E-state index contributed by atoms with van der Waals surface area (Å²) in [5, 5.41) is 3.37. The van der Waals surface area contributed by atoms with E-state index < -0.39 is 0 Å². The molecule has 0 saturated heterocycles. The van der Waals surface area contributed by atoms with Crippen molar-refractivity contribution in [2.75, 3.05) is 5.32 Å². The molecule has 0 unspecified atom stereocenters. The summed E-state index contributed by atoms with van der Waals surface area (Å²) in [6, 6.07) is 5.98. The number of nitrogens with zero attached hydrogens (tertiary/aromatic N) is 1. The molecule has 2 heterocycles. The first kappa shape index (κ1) is 19.6. The summed E-state index contributed by atoms with van der Waals surface area (Å²) in [6.07, 6.45) is 0. The molecule has 2 N–H and O–H groups in total. The third kappa shape index (κ3) is 4.42. The maximum absolute atomic E-state index is 12.5. The highest BCUT2D eigenvalue weighted by Crippen LogP contribution is 2.26. The van der Waals surface area contributed by atoms with E-state index in [1.807, 2.05) is 46.8 Å². The number of thioether (sulfide) groups is 1. The molecular formula is C20H23N3O2S2. The number of thiophene rings is 1. The number of fused-ring (bicyclic) bond motifs is 1. The van der Waals surface area contributed by atoms with E-state index in [2.05, 4.69) is 21.4 Å². The van der Waals surface area contributed by atoms with Gasteiger partial charge >= 0.3 is 0 Å². The number of H-pyrrole nitrogens is 1. The normalized spacial score (nSPS) is 12.3. The van der Waals surface area contributed by atoms with Gasteiger partial charge in [0, 0.05) is 10.6 Å². The first-order valence-electron chi connectivity index (χ1n) is 8.74. The van der Waals surface area contributed by atoms with Crippen LogP contribution in [0.15, 0.2) is 23.0 Å². The number of carbonyl (C=O) groups excluding carboxylic acids is 1. The molecule has 0 aliphatic heterocycles. The van der Waals surface area contributed by atoms with Gasteiger partial charge in [-0.1, -0.05) is 6.07 Å². The summed E-state index contributed by atoms with van der Waals surface area (Å²) in [7, 11) is 0. The number of amides is 1. The zero-order valence-electron chi connectivity index (χ0n) is 16.1. The first-order chi connectivity index (χ1) is 12.7. The Labute approximate surface area is 166 Å². The van der Waals surface area contributed by atoms with E-state index in [0.717, 1.165) is 32.1 Å². The summed E-state index contributed by atoms with van der Waals surface area (Å²) >= 11 is 2.99. The van der Waals surface area contributed by atoms with Crippen LogP contribution in [0.5, 0.6) is 0 Å². The molecule has 3 aromatic rings. The second-order valence-corrected chi connectivity index (χ2v) is 9.33. The maximum Gasteiger partial charge on any atom is 0.259 e. The molecule has 7 heteroatoms. The summed E-state index contributed by atoms with van der Waals surface area (Å²) in [5.41, 5.74) is 3.92. The van der Waals surface area contributed by atoms with E-state index in [-0.39, 0.29) is 16.7 Å². The molecule has 3 rings (SSSR count). The number of aryl methyl sites for hydroxylation is 4. The SMILES string of the molecule is Cc1cc(C)cc(NC(=O)[C@@H](C)SCc2nc3sc(C)c(C)c3c(=O)[nH]2)c1. The van der Waals surface area contributed by atoms with Gasteiger partial charge in [-0.3, -0.25) is 9.59 Å². The minimum absolute atomic E-state index is 0.0590. The average molecular weight is 402 g/mol. The molecule has 2 aromatic heterocycles. The molecular weight excluding hydrogens is 378 g/mol. The predicted molar refractivity (Wildman–Crippen MR) is 115 cm³/mol. The van der Waals surface area contributed by atoms with E-state index in [9.17, 15) is 9.59 Å². The molecule has 0 aliphatic carbocycles. The van der Waals surface area contributed by atoms with Crippen molar-refractivity contribution in [3.05, 3.63) is 55.9 Å². The van der Waals surface area contributed by atoms with Gasteiger partial charge in [-0.05, 0) is 63.4 Å². The lowest BCUT2D eigenvalue weighted by molar-refractivity contribution is -0.115. The highest BCUT2D eigenvalue weighted by atomic mass is 32.2. The number of nitrogens with one attached hydrogen (secondary N) is 2. The van der Waals surface area contributed by atoms with E-state index in [1.165, 1.54) is 23.1 Å². The van der Waals surface area contributed by atoms with E-state index in [1.54, 1.807) is 0 Å². The van der Waals surface area contributed by atoms with Crippen LogP contribution in [0.25, 0.3) is 10.2 Å². The Balaban J connectivity index is 1.68. The lowest BCUT2D eigenvalue weighted by atomic mass is 10.1. The highest BCUT2D eigenvalue weighted by Gasteiger charge is 2.16. The molecule has 5 nitrogen and oxygen atoms in total. The Hall–Kier alpha value is -2.12. The van der Waals surface area contributed by atoms with Gasteiger partial charge in [0.1, 0.15) is 10.7 Å². The van der Waals surface area contributed by atoms with Crippen molar-refractivity contribution in [3.8, 4) is 0 Å². The summed E-state index contributed by atoms with van der Waals surface area (Å²) in [5.74, 6) is 1.02. The molecule has 1 amide bonds. The van der Waals surface area contributed by atoms with Crippen molar-refractivity contribution in [2.24, 2.45) is 0 Å². The Kier molecular flexibility index (Phi) is 5.72. The van der Waals surface area contributed by atoms with Crippen molar-refractivity contribution in [2.45, 2.75) is 45.6 Å². The Bertz CT molecular complexity index is 1050. The van der Waals surface area contributed by atoms with Gasteiger partial charge in [-0.25, -0.2) is 4.98 Å². The Morgan fingerprint density at radius 3 is 2.56 bits per heavy atom. The zero-order valence-corrected chi connectivity index (χ0v) is 17.7. The summed E-state index contributed by atoms with van der Waals surface area (Å²) in [4.78, 5) is 34.1. The smallest absolute Gasteiger partial charge is 0.259 e. The van der Waals surface area contributed by atoms with Crippen LogP contribution in [0.2, 0.25) is 0 Å². The Morgan fingerprint density at radius 1 is 1.22 bits per heavy atom. The van der Waals surface area contributed by atoms with Gasteiger partial charge in [0.25, 0.3) is 5.56 Å². The van der Waals surface area contributed by atoms with Crippen LogP contribution in [0.1, 0.15) is 34.3 Å². The number of hydrogen-bond acceptors (Lipinski definition) is 5. The van der Waals surface area contributed by atoms with Gasteiger partial charge in [0.2, 0.25) is 5.91 Å². The molecule has 0 fully saturated rings. The van der Waals surface area contributed by atoms with Crippen LogP contribution in [0, 0.1) is 27.7 Å². The van der Waals surface area contributed by atoms with Gasteiger partial charge in [-0.15, -0.1) is 23.1 Å². The lowest BCUT2D eigenvalue weighted by Crippen LogP contribution is -2.23. The molecule has 1 aromatic carbocycles. The van der Waals surface area contributed by atoms with Crippen molar-refractivity contribution in [1.29, 1.82) is 0 Å². The largest absolute Gasteiger partial charge is 0.325 e. The minimum atomic E-state index is -0.265. The third-order valence-corrected chi connectivity index (χ3v) is 6.67. The standard InChI is InChI=1S/C20H23N3O2S2/c1-10-6-11(2)8-15(7-10)21-18(24)14(5)26-9-16-22-19(25)17-12(3)13(4)27-20(17)23-16/h6-8,14H,9H2,1-5H3,(H,21,24)(H,22,23,25)/t14-/m1/s1. The number of benzene rings is 1. The summed E-state index contributed by atoms with van der Waals surface area (Å²) in [6.45, 7) is 9.81. The van der Waals surface area contributed by atoms with Crippen molar-refractivity contribution >= 4 is 44.9 Å². The number of anilines is 1. The summed E-state index contributed by atoms with van der Waals surface area (Å²) < 4.78 is 0. The van der Waals surface area contributed by atoms with Gasteiger partial charge in [0.15, 0.2) is 0 Å². The first-order valence-corrected chi connectivity index (χ1v) is 10.6. The quantitative estimate of drug-likeness (QED) is 0.661. The maximum atomic E-state index is 12.5. The molecule has 0 spiro atoms. The number of carbonyl (C=O) groups is 1. The van der Waals surface area contributed by atoms with Crippen LogP contribution in [-0.4, -0.2) is 21.1 Å². The molecule has 0 aliphatic rings. The fourth-order valence-corrected chi connectivity index (χ4v) is 4.74. The number of aromatic nitrogens is 2. The number of rotatable bonds is 5. The van der Waals surface area contributed by atoms with Crippen LogP contribution in [-0.2, 0) is 10.5 Å². The van der Waals surface area contributed by atoms with Crippen molar-refractivity contribution < 1.29 is 4.79 Å². The fourth-order valence-electron chi connectivity index (χ4n) is 2.94. The molecule has 27 heavy (non-hydrogen) atoms. The minimum Gasteiger partial charge on any atom is -0.325 e. The van der Waals surface area contributed by atoms with Crippen LogP contribution < -0.4 is 10.9 Å². The van der Waals surface area contributed by atoms with Crippen LogP contribution in [0.3, 0.4) is 0 Å². The molecule has 142 valence electrons. The zero-order chi connectivity index (χ0) is 19.7. The molecule has 0 radical (unpaired) electrons. The molecule has 0 bridgehead atoms. The van der Waals surface area contributed by atoms with Crippen LogP contribution >= 0.6 is 23.1 Å². The fraction of sp³-hybridized carbons (Fsp3) is 0.350. The van der Waals surface area contributed by atoms with E-state index in [4.69, 9.17) is 0 Å². The highest BCUT2D eigenvalue weighted by molar-refractivity contribution is 7.99. The van der Waals surface area contributed by atoms with Gasteiger partial charge in [-0.2, -0.15) is 0 Å². The van der Waals surface area contributed by atoms with Gasteiger partial charge in [0.05, 0.1) is 16.4 Å². The predicted octanol–water partition coefficient (Wildman–Crippen LogP) is 4.48. The second kappa shape index (κ2) is 7.86. The third-order valence-electron chi connectivity index (χ3n) is 4.42. The number of hydrogen-bond donors (Lipinski definition) is 2. The topological polar surface area (TPSA) is 74.8 Å². The average Bonchev–Trinajstić information content (AvgIpc) is 2.86. The second-order valence-electron chi connectivity index (χ2n) is 6.79. The molecule has 1 atom stereocenters.